The summed E-state index contributed by atoms with van der Waals surface area (Å²) < 4.78 is 5.23. The second-order valence-electron chi connectivity index (χ2n) is 7.80. The lowest BCUT2D eigenvalue weighted by atomic mass is 10.2. The van der Waals surface area contributed by atoms with Crippen molar-refractivity contribution < 1.29 is 19.3 Å². The van der Waals surface area contributed by atoms with Crippen molar-refractivity contribution in [3.63, 3.8) is 0 Å². The van der Waals surface area contributed by atoms with Crippen LogP contribution in [0.1, 0.15) is 11.1 Å². The number of thioether (sulfide) groups is 1. The van der Waals surface area contributed by atoms with Gasteiger partial charge in [0, 0.05) is 24.1 Å². The Labute approximate surface area is 178 Å². The molecule has 0 spiro atoms. The molecule has 29 heavy (non-hydrogen) atoms. The number of nitrogens with one attached hydrogen (secondary N) is 2. The summed E-state index contributed by atoms with van der Waals surface area (Å²) >= 11 is 1.74. The van der Waals surface area contributed by atoms with E-state index >= 15 is 0 Å². The number of ether oxygens (including phenoxy) is 1. The van der Waals surface area contributed by atoms with Crippen molar-refractivity contribution in [3.05, 3.63) is 59.7 Å². The fourth-order valence-electron chi connectivity index (χ4n) is 3.78. The van der Waals surface area contributed by atoms with Gasteiger partial charge in [-0.3, -0.25) is 4.79 Å². The van der Waals surface area contributed by atoms with Crippen molar-refractivity contribution in [2.75, 3.05) is 53.1 Å². The first-order chi connectivity index (χ1) is 14.1. The van der Waals surface area contributed by atoms with E-state index in [-0.39, 0.29) is 5.91 Å². The molecule has 3 rings (SSSR count). The zero-order valence-corrected chi connectivity index (χ0v) is 18.6. The number of hydrogen-bond donors (Lipinski definition) is 2. The van der Waals surface area contributed by atoms with Gasteiger partial charge in [-0.05, 0) is 48.2 Å². The number of benzene rings is 2. The quantitative estimate of drug-likeness (QED) is 0.612. The van der Waals surface area contributed by atoms with Gasteiger partial charge >= 0.3 is 0 Å². The number of quaternary nitrogens is 2. The average molecular weight is 416 g/mol. The average Bonchev–Trinajstić information content (AvgIpc) is 2.76. The van der Waals surface area contributed by atoms with Gasteiger partial charge in [0.1, 0.15) is 38.5 Å². The molecule has 2 aromatic rings. The van der Waals surface area contributed by atoms with Gasteiger partial charge in [-0.15, -0.1) is 11.8 Å². The third kappa shape index (κ3) is 6.49. The maximum absolute atomic E-state index is 12.7. The molecule has 0 aliphatic carbocycles. The monoisotopic (exact) mass is 415 g/mol. The predicted molar refractivity (Wildman–Crippen MR) is 118 cm³/mol. The van der Waals surface area contributed by atoms with E-state index in [1.807, 2.05) is 24.1 Å². The van der Waals surface area contributed by atoms with Crippen LogP contribution in [0.25, 0.3) is 0 Å². The van der Waals surface area contributed by atoms with Crippen molar-refractivity contribution in [3.8, 4) is 5.75 Å². The van der Waals surface area contributed by atoms with Crippen LogP contribution < -0.4 is 14.5 Å². The Morgan fingerprint density at radius 2 is 1.55 bits per heavy atom. The van der Waals surface area contributed by atoms with E-state index < -0.39 is 0 Å². The smallest absolute Gasteiger partial charge is 0.277 e. The van der Waals surface area contributed by atoms with Crippen molar-refractivity contribution >= 4 is 17.7 Å². The minimum atomic E-state index is 0.229. The highest BCUT2D eigenvalue weighted by molar-refractivity contribution is 7.98. The molecule has 6 heteroatoms. The van der Waals surface area contributed by atoms with Crippen LogP contribution >= 0.6 is 11.8 Å². The summed E-state index contributed by atoms with van der Waals surface area (Å²) in [5, 5.41) is 0. The fraction of sp³-hybridized carbons (Fsp3) is 0.435. The predicted octanol–water partition coefficient (Wildman–Crippen LogP) is 0.359. The van der Waals surface area contributed by atoms with E-state index in [2.05, 4.69) is 42.7 Å². The molecule has 1 saturated heterocycles. The summed E-state index contributed by atoms with van der Waals surface area (Å²) in [6.45, 7) is 6.62. The molecule has 0 radical (unpaired) electrons. The standard InChI is InChI=1S/C23H31N3O2S/c1-24(16-19-6-10-22(29-3)11-7-19)23(27)18-26-14-12-25(13-15-26)17-20-4-8-21(28-2)9-5-20/h4-11H,12-18H2,1-3H3/p+2. The molecule has 1 amide bonds. The molecular weight excluding hydrogens is 382 g/mol. The van der Waals surface area contributed by atoms with Crippen LogP contribution in [0.15, 0.2) is 53.4 Å². The third-order valence-corrected chi connectivity index (χ3v) is 6.43. The third-order valence-electron chi connectivity index (χ3n) is 5.68. The molecule has 0 aromatic heterocycles. The lowest BCUT2D eigenvalue weighted by molar-refractivity contribution is -1.02. The molecule has 0 unspecified atom stereocenters. The summed E-state index contributed by atoms with van der Waals surface area (Å²) in [5.41, 5.74) is 2.52. The number of rotatable bonds is 8. The molecule has 2 N–H and O–H groups in total. The normalized spacial score (nSPS) is 19.0. The molecule has 0 atom stereocenters. The highest BCUT2D eigenvalue weighted by Gasteiger charge is 2.26. The first kappa shape index (κ1) is 21.7. The van der Waals surface area contributed by atoms with Gasteiger partial charge in [-0.2, -0.15) is 0 Å². The lowest BCUT2D eigenvalue weighted by Crippen LogP contribution is -3.28. The summed E-state index contributed by atoms with van der Waals surface area (Å²) in [7, 11) is 3.61. The van der Waals surface area contributed by atoms with E-state index in [0.29, 0.717) is 13.1 Å². The topological polar surface area (TPSA) is 38.4 Å². The summed E-state index contributed by atoms with van der Waals surface area (Å²) in [6.07, 6.45) is 2.08. The molecule has 1 heterocycles. The Bertz CT molecular complexity index is 772. The number of likely N-dealkylation sites (N-methyl/N-ethyl adjacent to an activating group) is 1. The second kappa shape index (κ2) is 10.7. The number of methoxy groups -OCH3 is 1. The molecular formula is C23H33N3O2S+2. The second-order valence-corrected chi connectivity index (χ2v) is 8.68. The zero-order chi connectivity index (χ0) is 20.6. The number of carbonyl (C=O) groups excluding carboxylic acids is 1. The van der Waals surface area contributed by atoms with Crippen molar-refractivity contribution in [1.29, 1.82) is 0 Å². The van der Waals surface area contributed by atoms with Gasteiger partial charge < -0.3 is 19.4 Å². The SMILES string of the molecule is COc1ccc(C[NH+]2CC[NH+](CC(=O)N(C)Cc3ccc(SC)cc3)CC2)cc1. The Morgan fingerprint density at radius 1 is 0.966 bits per heavy atom. The minimum Gasteiger partial charge on any atom is -0.497 e. The summed E-state index contributed by atoms with van der Waals surface area (Å²) in [4.78, 5) is 18.8. The van der Waals surface area contributed by atoms with Gasteiger partial charge in [0.2, 0.25) is 0 Å². The number of piperazine rings is 1. The largest absolute Gasteiger partial charge is 0.497 e. The molecule has 0 saturated carbocycles. The summed E-state index contributed by atoms with van der Waals surface area (Å²) in [6, 6.07) is 16.8. The molecule has 1 aliphatic rings. The van der Waals surface area contributed by atoms with Crippen LogP contribution in [0.3, 0.4) is 0 Å². The molecule has 2 aromatic carbocycles. The van der Waals surface area contributed by atoms with Crippen LogP contribution in [-0.4, -0.2) is 63.9 Å². The number of nitrogens with zero attached hydrogens (tertiary/aromatic N) is 1. The van der Waals surface area contributed by atoms with Crippen molar-refractivity contribution in [2.45, 2.75) is 18.0 Å². The Balaban J connectivity index is 1.41. The highest BCUT2D eigenvalue weighted by atomic mass is 32.2. The van der Waals surface area contributed by atoms with Gasteiger partial charge in [-0.1, -0.05) is 12.1 Å². The zero-order valence-electron chi connectivity index (χ0n) is 17.7. The van der Waals surface area contributed by atoms with Crippen LogP contribution in [0.4, 0.5) is 0 Å². The van der Waals surface area contributed by atoms with Crippen LogP contribution in [0.2, 0.25) is 0 Å². The van der Waals surface area contributed by atoms with E-state index in [0.717, 1.165) is 38.5 Å². The summed E-state index contributed by atoms with van der Waals surface area (Å²) in [5.74, 6) is 1.13. The number of carbonyl (C=O) groups is 1. The fourth-order valence-corrected chi connectivity index (χ4v) is 4.19. The molecule has 5 nitrogen and oxygen atoms in total. The van der Waals surface area contributed by atoms with Crippen molar-refractivity contribution in [1.82, 2.24) is 4.90 Å². The van der Waals surface area contributed by atoms with Crippen molar-refractivity contribution in [2.24, 2.45) is 0 Å². The van der Waals surface area contributed by atoms with E-state index in [4.69, 9.17) is 4.74 Å². The first-order valence-electron chi connectivity index (χ1n) is 10.2. The van der Waals surface area contributed by atoms with Gasteiger partial charge in [0.05, 0.1) is 7.11 Å². The van der Waals surface area contributed by atoms with Gasteiger partial charge in [0.25, 0.3) is 5.91 Å². The van der Waals surface area contributed by atoms with E-state index in [1.165, 1.54) is 20.9 Å². The van der Waals surface area contributed by atoms with E-state index in [1.54, 1.807) is 23.8 Å². The Morgan fingerprint density at radius 3 is 2.14 bits per heavy atom. The Kier molecular flexibility index (Phi) is 7.98. The van der Waals surface area contributed by atoms with Gasteiger partial charge in [0.15, 0.2) is 6.54 Å². The maximum Gasteiger partial charge on any atom is 0.277 e. The number of hydrogen-bond acceptors (Lipinski definition) is 3. The highest BCUT2D eigenvalue weighted by Crippen LogP contribution is 2.15. The van der Waals surface area contributed by atoms with Crippen LogP contribution in [0, 0.1) is 0 Å². The molecule has 1 fully saturated rings. The molecule has 0 bridgehead atoms. The van der Waals surface area contributed by atoms with Gasteiger partial charge in [-0.25, -0.2) is 0 Å². The lowest BCUT2D eigenvalue weighted by Gasteiger charge is -2.30. The van der Waals surface area contributed by atoms with Crippen LogP contribution in [-0.2, 0) is 17.9 Å². The van der Waals surface area contributed by atoms with E-state index in [9.17, 15) is 4.79 Å². The molecule has 1 aliphatic heterocycles. The Hall–Kier alpha value is -2.02. The maximum atomic E-state index is 12.7. The number of amides is 1. The minimum absolute atomic E-state index is 0.229. The van der Waals surface area contributed by atoms with Crippen LogP contribution in [0.5, 0.6) is 5.75 Å². The first-order valence-corrected chi connectivity index (χ1v) is 11.5. The molecule has 156 valence electrons.